The SMILES string of the molecule is Cc1c(C(=O)NC[C@@H]2CCCO2)cnn1-c1ccccc1Cl. The monoisotopic (exact) mass is 319 g/mol. The van der Waals surface area contributed by atoms with Crippen LogP contribution >= 0.6 is 11.6 Å². The van der Waals surface area contributed by atoms with Crippen molar-refractivity contribution in [3.05, 3.63) is 46.7 Å². The summed E-state index contributed by atoms with van der Waals surface area (Å²) in [5, 5.41) is 7.80. The van der Waals surface area contributed by atoms with E-state index in [1.54, 1.807) is 16.9 Å². The zero-order valence-electron chi connectivity index (χ0n) is 12.4. The predicted octanol–water partition coefficient (Wildman–Crippen LogP) is 2.74. The van der Waals surface area contributed by atoms with Crippen LogP contribution in [0.2, 0.25) is 5.02 Å². The van der Waals surface area contributed by atoms with Crippen LogP contribution in [-0.2, 0) is 4.74 Å². The molecule has 1 aromatic carbocycles. The van der Waals surface area contributed by atoms with Crippen LogP contribution < -0.4 is 5.32 Å². The molecule has 6 heteroatoms. The molecule has 0 aliphatic carbocycles. The fourth-order valence-electron chi connectivity index (χ4n) is 2.61. The lowest BCUT2D eigenvalue weighted by Gasteiger charge is -2.11. The van der Waals surface area contributed by atoms with Crippen LogP contribution in [0.3, 0.4) is 0 Å². The van der Waals surface area contributed by atoms with Crippen molar-refractivity contribution in [2.24, 2.45) is 0 Å². The third-order valence-electron chi connectivity index (χ3n) is 3.85. The van der Waals surface area contributed by atoms with Gasteiger partial charge < -0.3 is 10.1 Å². The number of ether oxygens (including phenoxy) is 1. The highest BCUT2D eigenvalue weighted by Crippen LogP contribution is 2.22. The van der Waals surface area contributed by atoms with E-state index in [4.69, 9.17) is 16.3 Å². The molecule has 2 aromatic rings. The average Bonchev–Trinajstić information content (AvgIpc) is 3.15. The van der Waals surface area contributed by atoms with E-state index < -0.39 is 0 Å². The smallest absolute Gasteiger partial charge is 0.254 e. The molecule has 0 saturated carbocycles. The molecule has 0 spiro atoms. The lowest BCUT2D eigenvalue weighted by Crippen LogP contribution is -2.32. The van der Waals surface area contributed by atoms with Gasteiger partial charge in [0.05, 0.1) is 34.3 Å². The Morgan fingerprint density at radius 1 is 1.50 bits per heavy atom. The minimum atomic E-state index is -0.133. The summed E-state index contributed by atoms with van der Waals surface area (Å²) in [5.41, 5.74) is 2.08. The van der Waals surface area contributed by atoms with E-state index in [0.717, 1.165) is 30.8 Å². The lowest BCUT2D eigenvalue weighted by molar-refractivity contribution is 0.0857. The molecule has 1 amide bonds. The van der Waals surface area contributed by atoms with Gasteiger partial charge in [0.1, 0.15) is 0 Å². The molecule has 1 atom stereocenters. The molecule has 22 heavy (non-hydrogen) atoms. The summed E-state index contributed by atoms with van der Waals surface area (Å²) in [5.74, 6) is -0.133. The summed E-state index contributed by atoms with van der Waals surface area (Å²) in [7, 11) is 0. The minimum Gasteiger partial charge on any atom is -0.376 e. The zero-order valence-corrected chi connectivity index (χ0v) is 13.1. The molecule has 0 radical (unpaired) electrons. The minimum absolute atomic E-state index is 0.128. The Kier molecular flexibility index (Phi) is 4.45. The topological polar surface area (TPSA) is 56.1 Å². The van der Waals surface area contributed by atoms with Gasteiger partial charge >= 0.3 is 0 Å². The van der Waals surface area contributed by atoms with E-state index in [9.17, 15) is 4.79 Å². The maximum Gasteiger partial charge on any atom is 0.254 e. The van der Waals surface area contributed by atoms with Crippen molar-refractivity contribution in [2.75, 3.05) is 13.2 Å². The first-order chi connectivity index (χ1) is 10.7. The second-order valence-electron chi connectivity index (χ2n) is 5.35. The second-order valence-corrected chi connectivity index (χ2v) is 5.76. The van der Waals surface area contributed by atoms with Gasteiger partial charge in [-0.1, -0.05) is 23.7 Å². The molecule has 1 aliphatic heterocycles. The van der Waals surface area contributed by atoms with Gasteiger partial charge in [-0.3, -0.25) is 4.79 Å². The maximum absolute atomic E-state index is 12.3. The summed E-state index contributed by atoms with van der Waals surface area (Å²) >= 11 is 6.19. The third-order valence-corrected chi connectivity index (χ3v) is 4.17. The number of hydrogen-bond acceptors (Lipinski definition) is 3. The quantitative estimate of drug-likeness (QED) is 0.942. The molecular formula is C16H18ClN3O2. The Morgan fingerprint density at radius 2 is 2.32 bits per heavy atom. The van der Waals surface area contributed by atoms with Crippen molar-refractivity contribution in [2.45, 2.75) is 25.9 Å². The maximum atomic E-state index is 12.3. The molecular weight excluding hydrogens is 302 g/mol. The van der Waals surface area contributed by atoms with E-state index in [-0.39, 0.29) is 12.0 Å². The van der Waals surface area contributed by atoms with Gasteiger partial charge in [-0.25, -0.2) is 4.68 Å². The van der Waals surface area contributed by atoms with E-state index in [2.05, 4.69) is 10.4 Å². The number of rotatable bonds is 4. The highest BCUT2D eigenvalue weighted by atomic mass is 35.5. The summed E-state index contributed by atoms with van der Waals surface area (Å²) in [6.45, 7) is 3.18. The average molecular weight is 320 g/mol. The van der Waals surface area contributed by atoms with Gasteiger partial charge in [-0.15, -0.1) is 0 Å². The Bertz CT molecular complexity index is 678. The lowest BCUT2D eigenvalue weighted by atomic mass is 10.2. The van der Waals surface area contributed by atoms with Crippen LogP contribution in [0, 0.1) is 6.92 Å². The molecule has 0 unspecified atom stereocenters. The Balaban J connectivity index is 1.75. The van der Waals surface area contributed by atoms with Crippen molar-refractivity contribution >= 4 is 17.5 Å². The van der Waals surface area contributed by atoms with Crippen molar-refractivity contribution in [1.82, 2.24) is 15.1 Å². The van der Waals surface area contributed by atoms with Gasteiger partial charge in [0.2, 0.25) is 0 Å². The Labute approximate surface area is 134 Å². The largest absolute Gasteiger partial charge is 0.376 e. The number of nitrogens with zero attached hydrogens (tertiary/aromatic N) is 2. The number of halogens is 1. The third kappa shape index (κ3) is 3.00. The number of carbonyl (C=O) groups is 1. The normalized spacial score (nSPS) is 17.6. The van der Waals surface area contributed by atoms with E-state index in [1.807, 2.05) is 25.1 Å². The fourth-order valence-corrected chi connectivity index (χ4v) is 2.82. The molecule has 1 aliphatic rings. The van der Waals surface area contributed by atoms with Crippen LogP contribution in [0.1, 0.15) is 28.9 Å². The molecule has 2 heterocycles. The first kappa shape index (κ1) is 15.1. The number of carbonyl (C=O) groups excluding carboxylic acids is 1. The molecule has 0 bridgehead atoms. The van der Waals surface area contributed by atoms with Crippen molar-refractivity contribution in [3.8, 4) is 5.69 Å². The number of hydrogen-bond donors (Lipinski definition) is 1. The molecule has 5 nitrogen and oxygen atoms in total. The van der Waals surface area contributed by atoms with E-state index in [0.29, 0.717) is 17.1 Å². The standard InChI is InChI=1S/C16H18ClN3O2/c1-11-13(16(21)18-9-12-5-4-8-22-12)10-19-20(11)15-7-3-2-6-14(15)17/h2-3,6-7,10,12H,4-5,8-9H2,1H3,(H,18,21)/t12-/m0/s1. The molecule has 116 valence electrons. The van der Waals surface area contributed by atoms with Crippen LogP contribution in [0.5, 0.6) is 0 Å². The van der Waals surface area contributed by atoms with Gasteiger partial charge in [-0.2, -0.15) is 5.10 Å². The predicted molar refractivity (Wildman–Crippen MR) is 84.6 cm³/mol. The van der Waals surface area contributed by atoms with Gasteiger partial charge in [-0.05, 0) is 31.9 Å². The summed E-state index contributed by atoms with van der Waals surface area (Å²) < 4.78 is 7.19. The summed E-state index contributed by atoms with van der Waals surface area (Å²) in [4.78, 5) is 12.3. The molecule has 1 aromatic heterocycles. The van der Waals surface area contributed by atoms with Gasteiger partial charge in [0.15, 0.2) is 0 Å². The van der Waals surface area contributed by atoms with E-state index >= 15 is 0 Å². The zero-order chi connectivity index (χ0) is 15.5. The number of aromatic nitrogens is 2. The van der Waals surface area contributed by atoms with Gasteiger partial charge in [0.25, 0.3) is 5.91 Å². The fraction of sp³-hybridized carbons (Fsp3) is 0.375. The van der Waals surface area contributed by atoms with Crippen LogP contribution in [0.15, 0.2) is 30.5 Å². The number of para-hydroxylation sites is 1. The van der Waals surface area contributed by atoms with Crippen molar-refractivity contribution in [3.63, 3.8) is 0 Å². The first-order valence-electron chi connectivity index (χ1n) is 7.36. The highest BCUT2D eigenvalue weighted by Gasteiger charge is 2.19. The first-order valence-corrected chi connectivity index (χ1v) is 7.74. The summed E-state index contributed by atoms with van der Waals surface area (Å²) in [6, 6.07) is 7.42. The van der Waals surface area contributed by atoms with Gasteiger partial charge in [0, 0.05) is 13.2 Å². The van der Waals surface area contributed by atoms with Crippen LogP contribution in [-0.4, -0.2) is 34.9 Å². The molecule has 1 fully saturated rings. The summed E-state index contributed by atoms with van der Waals surface area (Å²) in [6.07, 6.45) is 3.76. The van der Waals surface area contributed by atoms with E-state index in [1.165, 1.54) is 0 Å². The van der Waals surface area contributed by atoms with Crippen LogP contribution in [0.4, 0.5) is 0 Å². The van der Waals surface area contributed by atoms with Crippen LogP contribution in [0.25, 0.3) is 5.69 Å². The highest BCUT2D eigenvalue weighted by molar-refractivity contribution is 6.32. The van der Waals surface area contributed by atoms with Crippen molar-refractivity contribution < 1.29 is 9.53 Å². The Morgan fingerprint density at radius 3 is 3.05 bits per heavy atom. The van der Waals surface area contributed by atoms with Crippen molar-refractivity contribution in [1.29, 1.82) is 0 Å². The number of benzene rings is 1. The molecule has 1 N–H and O–H groups in total. The Hall–Kier alpha value is -1.85. The number of nitrogens with one attached hydrogen (secondary N) is 1. The molecule has 1 saturated heterocycles. The second kappa shape index (κ2) is 6.50. The molecule has 3 rings (SSSR count). The number of amides is 1.